The molecule has 13 heteroatoms. The normalized spacial score (nSPS) is 11.3. The summed E-state index contributed by atoms with van der Waals surface area (Å²) >= 11 is 0. The fourth-order valence-corrected chi connectivity index (χ4v) is 3.83. The second-order valence-corrected chi connectivity index (χ2v) is 8.79. The fourth-order valence-electron chi connectivity index (χ4n) is 3.83. The highest BCUT2D eigenvalue weighted by atomic mass is 19.4. The van der Waals surface area contributed by atoms with Gasteiger partial charge >= 0.3 is 12.2 Å². The second-order valence-electron chi connectivity index (χ2n) is 8.79. The number of rotatable bonds is 6. The van der Waals surface area contributed by atoms with Crippen molar-refractivity contribution in [3.63, 3.8) is 0 Å². The van der Waals surface area contributed by atoms with Gasteiger partial charge in [0.1, 0.15) is 17.3 Å². The standard InChI is InChI=1S/C27H21F4N7O2/c1-16-13-38(15-33-16)20-8-18(27(29,30)31)7-19(9-20)35-26(39)36-25-11-21(3-4-23(25)28)40-22-5-6-32-24(10-22)17-12-34-37(2)14-17/h3-15H,1-2H3,(H2,35,36,39). The first-order valence-electron chi connectivity index (χ1n) is 11.8. The molecule has 0 aliphatic carbocycles. The molecule has 2 amide bonds. The number of urea groups is 1. The zero-order valence-electron chi connectivity index (χ0n) is 21.1. The molecular weight excluding hydrogens is 530 g/mol. The number of hydrogen-bond acceptors (Lipinski definition) is 5. The topological polar surface area (TPSA) is 98.9 Å². The number of anilines is 2. The van der Waals surface area contributed by atoms with E-state index in [9.17, 15) is 22.4 Å². The van der Waals surface area contributed by atoms with Crippen LogP contribution in [0, 0.1) is 12.7 Å². The number of halogens is 4. The van der Waals surface area contributed by atoms with Crippen LogP contribution >= 0.6 is 0 Å². The van der Waals surface area contributed by atoms with Gasteiger partial charge in [-0.1, -0.05) is 0 Å². The number of amides is 2. The Kier molecular flexibility index (Phi) is 6.94. The SMILES string of the molecule is Cc1cn(-c2cc(NC(=O)Nc3cc(Oc4ccnc(-c5cnn(C)c5)c4)ccc3F)cc(C(F)(F)F)c2)cn1. The molecule has 5 rings (SSSR count). The molecule has 2 aromatic carbocycles. The molecule has 0 aliphatic heterocycles. The van der Waals surface area contributed by atoms with Crippen molar-refractivity contribution in [1.29, 1.82) is 0 Å². The Balaban J connectivity index is 1.34. The number of aromatic nitrogens is 5. The Labute approximate surface area is 225 Å². The van der Waals surface area contributed by atoms with E-state index in [0.717, 1.165) is 23.8 Å². The fraction of sp³-hybridized carbons (Fsp3) is 0.111. The molecule has 3 aromatic heterocycles. The smallest absolute Gasteiger partial charge is 0.416 e. The van der Waals surface area contributed by atoms with E-state index in [0.29, 0.717) is 17.1 Å². The van der Waals surface area contributed by atoms with Crippen molar-refractivity contribution in [2.75, 3.05) is 10.6 Å². The Morgan fingerprint density at radius 3 is 2.48 bits per heavy atom. The molecule has 0 bridgehead atoms. The zero-order chi connectivity index (χ0) is 28.4. The number of aryl methyl sites for hydroxylation is 2. The molecule has 0 fully saturated rings. The number of carbonyl (C=O) groups is 1. The first kappa shape index (κ1) is 26.4. The van der Waals surface area contributed by atoms with E-state index >= 15 is 0 Å². The Hall–Kier alpha value is -5.20. The minimum Gasteiger partial charge on any atom is -0.457 e. The number of ether oxygens (including phenoxy) is 1. The van der Waals surface area contributed by atoms with Crippen LogP contribution in [0.3, 0.4) is 0 Å². The summed E-state index contributed by atoms with van der Waals surface area (Å²) < 4.78 is 64.0. The predicted molar refractivity (Wildman–Crippen MR) is 139 cm³/mol. The third-order valence-corrected chi connectivity index (χ3v) is 5.67. The average Bonchev–Trinajstić information content (AvgIpc) is 3.54. The molecule has 204 valence electrons. The van der Waals surface area contributed by atoms with Crippen molar-refractivity contribution in [3.05, 3.63) is 96.7 Å². The number of alkyl halides is 3. The monoisotopic (exact) mass is 551 g/mol. The van der Waals surface area contributed by atoms with Crippen LogP contribution in [0.1, 0.15) is 11.3 Å². The van der Waals surface area contributed by atoms with E-state index in [1.54, 1.807) is 55.6 Å². The number of carbonyl (C=O) groups excluding carboxylic acids is 1. The van der Waals surface area contributed by atoms with Gasteiger partial charge in [-0.25, -0.2) is 14.2 Å². The van der Waals surface area contributed by atoms with E-state index in [4.69, 9.17) is 4.74 Å². The van der Waals surface area contributed by atoms with Crippen molar-refractivity contribution in [2.24, 2.45) is 7.05 Å². The third kappa shape index (κ3) is 6.09. The average molecular weight is 552 g/mol. The number of pyridine rings is 1. The highest BCUT2D eigenvalue weighted by Crippen LogP contribution is 2.33. The van der Waals surface area contributed by atoms with Gasteiger partial charge in [-0.3, -0.25) is 9.67 Å². The van der Waals surface area contributed by atoms with Gasteiger partial charge < -0.3 is 19.9 Å². The van der Waals surface area contributed by atoms with Crippen molar-refractivity contribution in [1.82, 2.24) is 24.3 Å². The summed E-state index contributed by atoms with van der Waals surface area (Å²) in [5, 5.41) is 8.77. The van der Waals surface area contributed by atoms with Crippen LogP contribution in [-0.4, -0.2) is 30.3 Å². The lowest BCUT2D eigenvalue weighted by Gasteiger charge is -2.14. The van der Waals surface area contributed by atoms with Gasteiger partial charge in [0.15, 0.2) is 0 Å². The molecule has 9 nitrogen and oxygen atoms in total. The van der Waals surface area contributed by atoms with Gasteiger partial charge in [0.2, 0.25) is 0 Å². The third-order valence-electron chi connectivity index (χ3n) is 5.67. The number of nitrogens with one attached hydrogen (secondary N) is 2. The van der Waals surface area contributed by atoms with Crippen LogP contribution < -0.4 is 15.4 Å². The minimum absolute atomic E-state index is 0.135. The lowest BCUT2D eigenvalue weighted by Crippen LogP contribution is -2.21. The van der Waals surface area contributed by atoms with E-state index in [1.807, 2.05) is 0 Å². The van der Waals surface area contributed by atoms with Crippen LogP contribution in [0.2, 0.25) is 0 Å². The van der Waals surface area contributed by atoms with E-state index in [2.05, 4.69) is 25.7 Å². The maximum Gasteiger partial charge on any atom is 0.416 e. The van der Waals surface area contributed by atoms with Crippen molar-refractivity contribution in [2.45, 2.75) is 13.1 Å². The molecule has 0 unspecified atom stereocenters. The van der Waals surface area contributed by atoms with Crippen molar-refractivity contribution >= 4 is 17.4 Å². The summed E-state index contributed by atoms with van der Waals surface area (Å²) in [5.74, 6) is -0.161. The Morgan fingerprint density at radius 1 is 0.975 bits per heavy atom. The summed E-state index contributed by atoms with van der Waals surface area (Å²) in [4.78, 5) is 21.0. The molecule has 5 aromatic rings. The maximum atomic E-state index is 14.5. The second kappa shape index (κ2) is 10.5. The van der Waals surface area contributed by atoms with Gasteiger partial charge in [-0.15, -0.1) is 0 Å². The van der Waals surface area contributed by atoms with E-state index in [-0.39, 0.29) is 22.8 Å². The molecule has 0 atom stereocenters. The molecule has 0 aliphatic rings. The summed E-state index contributed by atoms with van der Waals surface area (Å²) in [6, 6.07) is 9.11. The van der Waals surface area contributed by atoms with Gasteiger partial charge in [0.05, 0.1) is 35.2 Å². The summed E-state index contributed by atoms with van der Waals surface area (Å²) in [6.07, 6.45) is 3.21. The summed E-state index contributed by atoms with van der Waals surface area (Å²) in [6.45, 7) is 1.69. The van der Waals surface area contributed by atoms with Crippen LogP contribution in [0.5, 0.6) is 11.5 Å². The molecule has 0 saturated carbocycles. The highest BCUT2D eigenvalue weighted by Gasteiger charge is 2.31. The molecule has 2 N–H and O–H groups in total. The van der Waals surface area contributed by atoms with Gasteiger partial charge in [-0.05, 0) is 43.3 Å². The lowest BCUT2D eigenvalue weighted by atomic mass is 10.1. The lowest BCUT2D eigenvalue weighted by molar-refractivity contribution is -0.137. The molecule has 0 radical (unpaired) electrons. The number of benzene rings is 2. The number of nitrogens with zero attached hydrogens (tertiary/aromatic N) is 5. The number of imidazole rings is 1. The summed E-state index contributed by atoms with van der Waals surface area (Å²) in [7, 11) is 1.78. The van der Waals surface area contributed by atoms with Gasteiger partial charge in [0.25, 0.3) is 0 Å². The first-order chi connectivity index (χ1) is 19.0. The van der Waals surface area contributed by atoms with Crippen LogP contribution in [0.15, 0.2) is 79.6 Å². The molecule has 3 heterocycles. The molecule has 0 saturated heterocycles. The molecule has 0 spiro atoms. The van der Waals surface area contributed by atoms with Crippen molar-refractivity contribution < 1.29 is 27.1 Å². The van der Waals surface area contributed by atoms with E-state index < -0.39 is 23.6 Å². The van der Waals surface area contributed by atoms with Crippen LogP contribution in [-0.2, 0) is 13.2 Å². The van der Waals surface area contributed by atoms with Gasteiger partial charge in [-0.2, -0.15) is 18.3 Å². The maximum absolute atomic E-state index is 14.5. The largest absolute Gasteiger partial charge is 0.457 e. The number of hydrogen-bond donors (Lipinski definition) is 2. The minimum atomic E-state index is -4.67. The van der Waals surface area contributed by atoms with Crippen LogP contribution in [0.4, 0.5) is 33.7 Å². The molecular formula is C27H21F4N7O2. The Morgan fingerprint density at radius 2 is 1.77 bits per heavy atom. The van der Waals surface area contributed by atoms with Crippen LogP contribution in [0.25, 0.3) is 16.9 Å². The van der Waals surface area contributed by atoms with Gasteiger partial charge in [0, 0.05) is 54.7 Å². The van der Waals surface area contributed by atoms with Crippen molar-refractivity contribution in [3.8, 4) is 28.4 Å². The predicted octanol–water partition coefficient (Wildman–Crippen LogP) is 6.57. The zero-order valence-corrected chi connectivity index (χ0v) is 21.1. The highest BCUT2D eigenvalue weighted by molar-refractivity contribution is 6.00. The van der Waals surface area contributed by atoms with E-state index in [1.165, 1.54) is 29.1 Å². The Bertz CT molecular complexity index is 1690. The first-order valence-corrected chi connectivity index (χ1v) is 11.8. The summed E-state index contributed by atoms with van der Waals surface area (Å²) in [5.41, 5.74) is 0.743. The quantitative estimate of drug-likeness (QED) is 0.233. The molecule has 40 heavy (non-hydrogen) atoms.